The van der Waals surface area contributed by atoms with E-state index in [2.05, 4.69) is 34.1 Å². The van der Waals surface area contributed by atoms with Crippen molar-refractivity contribution < 1.29 is 13.9 Å². The van der Waals surface area contributed by atoms with Gasteiger partial charge in [0, 0.05) is 57.4 Å². The van der Waals surface area contributed by atoms with E-state index in [4.69, 9.17) is 4.74 Å². The molecule has 2 aromatic carbocycles. The van der Waals surface area contributed by atoms with Crippen LogP contribution in [0.3, 0.4) is 0 Å². The van der Waals surface area contributed by atoms with E-state index in [0.717, 1.165) is 39.3 Å². The minimum Gasteiger partial charge on any atom is -0.372 e. The highest BCUT2D eigenvalue weighted by Gasteiger charge is 2.24. The Morgan fingerprint density at radius 1 is 0.935 bits per heavy atom. The van der Waals surface area contributed by atoms with E-state index in [1.165, 1.54) is 17.7 Å². The Hall–Kier alpha value is -1.50. The van der Waals surface area contributed by atoms with Crippen molar-refractivity contribution in [3.05, 3.63) is 71.5 Å². The van der Waals surface area contributed by atoms with Crippen molar-refractivity contribution in [3.8, 4) is 0 Å². The normalized spacial score (nSPS) is 16.6. The number of carbonyl (C=O) groups is 1. The number of ether oxygens (including phenoxy) is 1. The monoisotopic (exact) mass is 470 g/mol. The number of halogens is 3. The molecule has 0 amide bonds. The fourth-order valence-corrected chi connectivity index (χ4v) is 3.88. The third-order valence-corrected chi connectivity index (χ3v) is 5.54. The molecule has 3 rings (SSSR count). The predicted octanol–water partition coefficient (Wildman–Crippen LogP) is 4.88. The van der Waals surface area contributed by atoms with Gasteiger partial charge in [-0.25, -0.2) is 4.39 Å². The fraction of sp³-hybridized carbons (Fsp3) is 0.458. The molecule has 1 aliphatic rings. The topological polar surface area (TPSA) is 32.8 Å². The van der Waals surface area contributed by atoms with Gasteiger partial charge in [-0.1, -0.05) is 37.3 Å². The zero-order valence-corrected chi connectivity index (χ0v) is 19.8. The van der Waals surface area contributed by atoms with Gasteiger partial charge in [-0.3, -0.25) is 9.69 Å². The van der Waals surface area contributed by atoms with Gasteiger partial charge in [0.05, 0.1) is 6.10 Å². The summed E-state index contributed by atoms with van der Waals surface area (Å²) in [5.41, 5.74) is 1.80. The smallest absolute Gasteiger partial charge is 0.166 e. The molecule has 2 unspecified atom stereocenters. The van der Waals surface area contributed by atoms with E-state index in [1.807, 2.05) is 19.9 Å². The lowest BCUT2D eigenvalue weighted by atomic mass is 9.98. The van der Waals surface area contributed by atoms with Gasteiger partial charge >= 0.3 is 0 Å². The summed E-state index contributed by atoms with van der Waals surface area (Å²) < 4.78 is 19.1. The maximum atomic E-state index is 13.1. The maximum Gasteiger partial charge on any atom is 0.166 e. The molecule has 0 spiro atoms. The molecule has 0 aliphatic carbocycles. The molecular weight excluding hydrogens is 438 g/mol. The number of carbonyl (C=O) groups excluding carboxylic acids is 1. The molecule has 7 heteroatoms. The molecule has 0 bridgehead atoms. The Morgan fingerprint density at radius 3 is 2.03 bits per heavy atom. The average Bonchev–Trinajstić information content (AvgIpc) is 2.75. The van der Waals surface area contributed by atoms with Gasteiger partial charge in [0.2, 0.25) is 0 Å². The first kappa shape index (κ1) is 27.5. The summed E-state index contributed by atoms with van der Waals surface area (Å²) in [5, 5.41) is 0. The summed E-state index contributed by atoms with van der Waals surface area (Å²) in [6.07, 6.45) is 0.0896. The van der Waals surface area contributed by atoms with E-state index in [0.29, 0.717) is 12.2 Å². The number of rotatable bonds is 9. The highest BCUT2D eigenvalue weighted by molar-refractivity contribution is 5.97. The summed E-state index contributed by atoms with van der Waals surface area (Å²) >= 11 is 0. The van der Waals surface area contributed by atoms with Crippen LogP contribution in [0.1, 0.15) is 35.9 Å². The van der Waals surface area contributed by atoms with Gasteiger partial charge in [-0.15, -0.1) is 24.8 Å². The molecule has 4 nitrogen and oxygen atoms in total. The predicted molar refractivity (Wildman–Crippen MR) is 128 cm³/mol. The third-order valence-electron chi connectivity index (χ3n) is 5.54. The number of hydrogen-bond acceptors (Lipinski definition) is 4. The van der Waals surface area contributed by atoms with Crippen molar-refractivity contribution >= 4 is 30.6 Å². The standard InChI is InChI=1S/C24H31FN2O2.2ClH/c1-3-29-23(20-7-5-4-6-8-20)18-27-15-13-26(14-16-27)17-19(2)24(28)21-9-11-22(25)12-10-21;;/h4-12,19,23H,3,13-18H2,1-2H3;2*1H. The van der Waals surface area contributed by atoms with E-state index < -0.39 is 0 Å². The van der Waals surface area contributed by atoms with Crippen LogP contribution in [0.2, 0.25) is 0 Å². The lowest BCUT2D eigenvalue weighted by Gasteiger charge is -2.37. The van der Waals surface area contributed by atoms with Gasteiger partial charge in [-0.05, 0) is 36.8 Å². The molecule has 0 aromatic heterocycles. The highest BCUT2D eigenvalue weighted by Crippen LogP contribution is 2.20. The fourth-order valence-electron chi connectivity index (χ4n) is 3.88. The molecule has 2 atom stereocenters. The SMILES string of the molecule is CCOC(CN1CCN(CC(C)C(=O)c2ccc(F)cc2)CC1)c1ccccc1.Cl.Cl. The van der Waals surface area contributed by atoms with Crippen molar-refractivity contribution in [2.75, 3.05) is 45.9 Å². The van der Waals surface area contributed by atoms with Crippen LogP contribution in [0.5, 0.6) is 0 Å². The zero-order chi connectivity index (χ0) is 20.6. The van der Waals surface area contributed by atoms with Gasteiger partial charge in [-0.2, -0.15) is 0 Å². The minimum atomic E-state index is -0.314. The van der Waals surface area contributed by atoms with Crippen molar-refractivity contribution in [1.82, 2.24) is 9.80 Å². The van der Waals surface area contributed by atoms with Crippen LogP contribution in [-0.2, 0) is 4.74 Å². The number of benzene rings is 2. The molecule has 1 saturated heterocycles. The molecule has 2 aromatic rings. The Balaban J connectivity index is 0.00000240. The van der Waals surface area contributed by atoms with E-state index in [9.17, 15) is 9.18 Å². The van der Waals surface area contributed by atoms with Crippen molar-refractivity contribution in [2.24, 2.45) is 5.92 Å². The van der Waals surface area contributed by atoms with Crippen LogP contribution in [-0.4, -0.2) is 61.5 Å². The first-order valence-corrected chi connectivity index (χ1v) is 10.5. The molecule has 0 saturated carbocycles. The summed E-state index contributed by atoms with van der Waals surface area (Å²) in [4.78, 5) is 17.4. The summed E-state index contributed by atoms with van der Waals surface area (Å²) in [6, 6.07) is 16.2. The van der Waals surface area contributed by atoms with Crippen LogP contribution in [0, 0.1) is 11.7 Å². The summed E-state index contributed by atoms with van der Waals surface area (Å²) in [5.74, 6) is -0.341. The van der Waals surface area contributed by atoms with Crippen molar-refractivity contribution in [2.45, 2.75) is 20.0 Å². The van der Waals surface area contributed by atoms with E-state index >= 15 is 0 Å². The van der Waals surface area contributed by atoms with Crippen LogP contribution < -0.4 is 0 Å². The van der Waals surface area contributed by atoms with E-state index in [-0.39, 0.29) is 48.4 Å². The second-order valence-corrected chi connectivity index (χ2v) is 7.73. The minimum absolute atomic E-state index is 0. The van der Waals surface area contributed by atoms with Gasteiger partial charge < -0.3 is 9.64 Å². The number of hydrogen-bond donors (Lipinski definition) is 0. The summed E-state index contributed by atoms with van der Waals surface area (Å²) in [6.45, 7) is 10.1. The zero-order valence-electron chi connectivity index (χ0n) is 18.2. The summed E-state index contributed by atoms with van der Waals surface area (Å²) in [7, 11) is 0. The Kier molecular flexibility index (Phi) is 12.3. The maximum absolute atomic E-state index is 13.1. The first-order valence-electron chi connectivity index (χ1n) is 10.5. The molecule has 1 heterocycles. The number of nitrogens with zero attached hydrogens (tertiary/aromatic N) is 2. The van der Waals surface area contributed by atoms with Crippen LogP contribution in [0.25, 0.3) is 0 Å². The van der Waals surface area contributed by atoms with Crippen molar-refractivity contribution in [1.29, 1.82) is 0 Å². The van der Waals surface area contributed by atoms with Crippen LogP contribution >= 0.6 is 24.8 Å². The molecule has 1 fully saturated rings. The van der Waals surface area contributed by atoms with Gasteiger partial charge in [0.25, 0.3) is 0 Å². The molecule has 1 aliphatic heterocycles. The lowest BCUT2D eigenvalue weighted by Crippen LogP contribution is -2.49. The number of piperazine rings is 1. The van der Waals surface area contributed by atoms with E-state index in [1.54, 1.807) is 12.1 Å². The van der Waals surface area contributed by atoms with Gasteiger partial charge in [0.15, 0.2) is 5.78 Å². The first-order chi connectivity index (χ1) is 14.1. The largest absolute Gasteiger partial charge is 0.372 e. The van der Waals surface area contributed by atoms with Crippen molar-refractivity contribution in [3.63, 3.8) is 0 Å². The Morgan fingerprint density at radius 2 is 1.48 bits per heavy atom. The third kappa shape index (κ3) is 8.17. The average molecular weight is 471 g/mol. The molecule has 0 N–H and O–H groups in total. The Bertz CT molecular complexity index is 769. The second kappa shape index (κ2) is 13.8. The number of Topliss-reactive ketones (excluding diaryl/α,β-unsaturated/α-hetero) is 1. The molecule has 172 valence electrons. The highest BCUT2D eigenvalue weighted by atomic mass is 35.5. The van der Waals surface area contributed by atoms with Crippen LogP contribution in [0.15, 0.2) is 54.6 Å². The molecule has 31 heavy (non-hydrogen) atoms. The molecule has 0 radical (unpaired) electrons. The quantitative estimate of drug-likeness (QED) is 0.488. The molecular formula is C24H33Cl2FN2O2. The Labute approximate surface area is 197 Å². The second-order valence-electron chi connectivity index (χ2n) is 7.73. The lowest BCUT2D eigenvalue weighted by molar-refractivity contribution is 0.0170. The van der Waals surface area contributed by atoms with Crippen LogP contribution in [0.4, 0.5) is 4.39 Å². The van der Waals surface area contributed by atoms with Gasteiger partial charge in [0.1, 0.15) is 5.82 Å². The number of ketones is 1.